The van der Waals surface area contributed by atoms with Crippen LogP contribution in [0.4, 0.5) is 17.6 Å². The summed E-state index contributed by atoms with van der Waals surface area (Å²) in [5.74, 6) is 1.17. The maximum atomic E-state index is 5.71. The minimum absolute atomic E-state index is 0.451. The first kappa shape index (κ1) is 11.8. The van der Waals surface area contributed by atoms with Crippen LogP contribution in [0.1, 0.15) is 0 Å². The maximum absolute atomic E-state index is 5.71. The van der Waals surface area contributed by atoms with Crippen molar-refractivity contribution in [1.29, 1.82) is 0 Å². The Hall–Kier alpha value is -2.31. The highest BCUT2D eigenvalue weighted by Gasteiger charge is 2.20. The van der Waals surface area contributed by atoms with Gasteiger partial charge in [0.2, 0.25) is 11.9 Å². The Morgan fingerprint density at radius 2 is 1.68 bits per heavy atom. The summed E-state index contributed by atoms with van der Waals surface area (Å²) in [6.45, 7) is 3.68. The molecule has 2 N–H and O–H groups in total. The molecule has 0 amide bonds. The fourth-order valence-corrected chi connectivity index (χ4v) is 2.24. The van der Waals surface area contributed by atoms with Gasteiger partial charge in [0, 0.05) is 51.3 Å². The average molecular weight is 259 g/mol. The van der Waals surface area contributed by atoms with Gasteiger partial charge in [-0.2, -0.15) is 4.98 Å². The number of aromatic nitrogens is 4. The van der Waals surface area contributed by atoms with Crippen LogP contribution in [0.2, 0.25) is 0 Å². The van der Waals surface area contributed by atoms with Crippen LogP contribution < -0.4 is 15.5 Å². The summed E-state index contributed by atoms with van der Waals surface area (Å²) >= 11 is 0. The molecule has 1 saturated heterocycles. The highest BCUT2D eigenvalue weighted by molar-refractivity contribution is 5.47. The molecule has 2 aromatic rings. The highest BCUT2D eigenvalue weighted by Crippen LogP contribution is 2.17. The summed E-state index contributed by atoms with van der Waals surface area (Å²) in [7, 11) is 1.80. The molecule has 0 bridgehead atoms. The Balaban J connectivity index is 1.66. The molecule has 7 heteroatoms. The van der Waals surface area contributed by atoms with Crippen molar-refractivity contribution in [2.24, 2.45) is 7.05 Å². The second-order valence-corrected chi connectivity index (χ2v) is 4.57. The zero-order chi connectivity index (χ0) is 13.2. The van der Waals surface area contributed by atoms with Crippen molar-refractivity contribution >= 4 is 17.6 Å². The van der Waals surface area contributed by atoms with Gasteiger partial charge in [-0.3, -0.25) is 4.98 Å². The van der Waals surface area contributed by atoms with Gasteiger partial charge in [0.25, 0.3) is 0 Å². The lowest BCUT2D eigenvalue weighted by Crippen LogP contribution is -2.47. The zero-order valence-electron chi connectivity index (χ0n) is 10.9. The summed E-state index contributed by atoms with van der Waals surface area (Å²) in [6.07, 6.45) is 3.64. The molecule has 1 aliphatic rings. The molecular formula is C12H17N7. The van der Waals surface area contributed by atoms with E-state index in [9.17, 15) is 0 Å². The molecule has 3 rings (SSSR count). The van der Waals surface area contributed by atoms with Crippen LogP contribution in [0.15, 0.2) is 24.5 Å². The van der Waals surface area contributed by atoms with Crippen LogP contribution in [0, 0.1) is 0 Å². The third-order valence-corrected chi connectivity index (χ3v) is 3.38. The molecule has 1 fully saturated rings. The smallest absolute Gasteiger partial charge is 0.246 e. The summed E-state index contributed by atoms with van der Waals surface area (Å²) in [5, 5.41) is 4.31. The largest absolute Gasteiger partial charge is 0.368 e. The van der Waals surface area contributed by atoms with Crippen molar-refractivity contribution in [3.63, 3.8) is 0 Å². The first-order valence-corrected chi connectivity index (χ1v) is 6.30. The van der Waals surface area contributed by atoms with Crippen LogP contribution in [0.25, 0.3) is 0 Å². The fraction of sp³-hybridized carbons (Fsp3) is 0.417. The van der Waals surface area contributed by atoms with E-state index in [-0.39, 0.29) is 0 Å². The average Bonchev–Trinajstić information content (AvgIpc) is 2.80. The molecule has 2 aromatic heterocycles. The van der Waals surface area contributed by atoms with Crippen LogP contribution in [0.5, 0.6) is 0 Å². The number of nitrogens with zero attached hydrogens (tertiary/aromatic N) is 6. The van der Waals surface area contributed by atoms with Crippen molar-refractivity contribution in [3.8, 4) is 0 Å². The van der Waals surface area contributed by atoms with Crippen LogP contribution >= 0.6 is 0 Å². The summed E-state index contributed by atoms with van der Waals surface area (Å²) in [6, 6.07) is 4.07. The van der Waals surface area contributed by atoms with E-state index in [4.69, 9.17) is 5.73 Å². The Bertz CT molecular complexity index is 523. The number of anilines is 3. The first-order valence-electron chi connectivity index (χ1n) is 6.30. The minimum Gasteiger partial charge on any atom is -0.368 e. The van der Waals surface area contributed by atoms with E-state index in [2.05, 4.69) is 24.9 Å². The zero-order valence-corrected chi connectivity index (χ0v) is 10.9. The van der Waals surface area contributed by atoms with Crippen molar-refractivity contribution in [2.45, 2.75) is 0 Å². The van der Waals surface area contributed by atoms with Gasteiger partial charge in [0.15, 0.2) is 0 Å². The van der Waals surface area contributed by atoms with Gasteiger partial charge in [-0.05, 0) is 12.1 Å². The third-order valence-electron chi connectivity index (χ3n) is 3.38. The number of aryl methyl sites for hydroxylation is 1. The van der Waals surface area contributed by atoms with Crippen LogP contribution in [-0.2, 0) is 7.05 Å². The van der Waals surface area contributed by atoms with E-state index in [1.807, 2.05) is 24.5 Å². The second kappa shape index (κ2) is 4.75. The number of pyridine rings is 1. The second-order valence-electron chi connectivity index (χ2n) is 4.57. The molecule has 0 saturated carbocycles. The summed E-state index contributed by atoms with van der Waals surface area (Å²) < 4.78 is 1.60. The van der Waals surface area contributed by atoms with Crippen molar-refractivity contribution < 1.29 is 0 Å². The topological polar surface area (TPSA) is 76.1 Å². The predicted octanol–water partition coefficient (Wildman–Crippen LogP) is 0.119. The predicted molar refractivity (Wildman–Crippen MR) is 74.1 cm³/mol. The van der Waals surface area contributed by atoms with Crippen LogP contribution in [-0.4, -0.2) is 45.9 Å². The lowest BCUT2D eigenvalue weighted by Gasteiger charge is -2.35. The minimum atomic E-state index is 0.451. The highest BCUT2D eigenvalue weighted by atomic mass is 15.5. The number of hydrogen-bond acceptors (Lipinski definition) is 6. The molecule has 19 heavy (non-hydrogen) atoms. The quantitative estimate of drug-likeness (QED) is 0.825. The standard InChI is InChI=1S/C12H17N7/c1-17-11(13)15-12(16-17)19-8-6-18(7-9-19)10-2-4-14-5-3-10/h2-5H,6-9H2,1H3,(H2,13,15,16). The van der Waals surface area contributed by atoms with Gasteiger partial charge in [-0.15, -0.1) is 5.10 Å². The number of nitrogen functional groups attached to an aromatic ring is 1. The SMILES string of the molecule is Cn1nc(N2CCN(c3ccncc3)CC2)nc1N. The molecular weight excluding hydrogens is 242 g/mol. The van der Waals surface area contributed by atoms with E-state index < -0.39 is 0 Å². The number of hydrogen-bond donors (Lipinski definition) is 1. The Morgan fingerprint density at radius 1 is 1.05 bits per heavy atom. The van der Waals surface area contributed by atoms with Gasteiger partial charge in [0.1, 0.15) is 0 Å². The molecule has 7 nitrogen and oxygen atoms in total. The molecule has 0 unspecified atom stereocenters. The van der Waals surface area contributed by atoms with Gasteiger partial charge in [0.05, 0.1) is 0 Å². The van der Waals surface area contributed by atoms with E-state index in [0.29, 0.717) is 5.95 Å². The van der Waals surface area contributed by atoms with Crippen molar-refractivity contribution in [1.82, 2.24) is 19.7 Å². The van der Waals surface area contributed by atoms with Crippen molar-refractivity contribution in [3.05, 3.63) is 24.5 Å². The Kier molecular flexibility index (Phi) is 2.94. The van der Waals surface area contributed by atoms with Crippen LogP contribution in [0.3, 0.4) is 0 Å². The monoisotopic (exact) mass is 259 g/mol. The van der Waals surface area contributed by atoms with E-state index >= 15 is 0 Å². The van der Waals surface area contributed by atoms with Gasteiger partial charge in [-0.1, -0.05) is 0 Å². The van der Waals surface area contributed by atoms with E-state index in [1.165, 1.54) is 5.69 Å². The molecule has 0 spiro atoms. The number of rotatable bonds is 2. The third kappa shape index (κ3) is 2.31. The molecule has 0 radical (unpaired) electrons. The first-order chi connectivity index (χ1) is 9.24. The lowest BCUT2D eigenvalue weighted by atomic mass is 10.3. The lowest BCUT2D eigenvalue weighted by molar-refractivity contribution is 0.635. The molecule has 100 valence electrons. The Morgan fingerprint density at radius 3 is 2.26 bits per heavy atom. The fourth-order valence-electron chi connectivity index (χ4n) is 2.24. The number of nitrogens with two attached hydrogens (primary N) is 1. The molecule has 0 atom stereocenters. The van der Waals surface area contributed by atoms with Gasteiger partial charge in [-0.25, -0.2) is 4.68 Å². The molecule has 3 heterocycles. The van der Waals surface area contributed by atoms with Gasteiger partial charge >= 0.3 is 0 Å². The normalized spacial score (nSPS) is 15.8. The molecule has 1 aliphatic heterocycles. The van der Waals surface area contributed by atoms with E-state index in [0.717, 1.165) is 32.1 Å². The molecule has 0 aliphatic carbocycles. The van der Waals surface area contributed by atoms with E-state index in [1.54, 1.807) is 11.7 Å². The Labute approximate surface area is 111 Å². The van der Waals surface area contributed by atoms with Crippen molar-refractivity contribution in [2.75, 3.05) is 41.7 Å². The summed E-state index contributed by atoms with van der Waals surface area (Å²) in [5.41, 5.74) is 6.92. The maximum Gasteiger partial charge on any atom is 0.246 e. The van der Waals surface area contributed by atoms with Gasteiger partial charge < -0.3 is 15.5 Å². The molecule has 0 aromatic carbocycles. The summed E-state index contributed by atoms with van der Waals surface area (Å²) in [4.78, 5) is 12.8. The number of piperazine rings is 1.